The molecule has 0 aliphatic carbocycles. The van der Waals surface area contributed by atoms with Crippen LogP contribution in [0, 0.1) is 0 Å². The average molecular weight is 397 g/mol. The van der Waals surface area contributed by atoms with Crippen LogP contribution in [0.1, 0.15) is 23.5 Å². The van der Waals surface area contributed by atoms with E-state index in [-0.39, 0.29) is 11.3 Å². The van der Waals surface area contributed by atoms with Gasteiger partial charge in [0.1, 0.15) is 0 Å². The summed E-state index contributed by atoms with van der Waals surface area (Å²) in [6.07, 6.45) is -5.25. The number of hydrogen-bond donors (Lipinski definition) is 2. The molecule has 0 saturated carbocycles. The molecule has 0 saturated heterocycles. The maximum Gasteiger partial charge on any atom is 0.396 e. The summed E-state index contributed by atoms with van der Waals surface area (Å²) in [6, 6.07) is 13.9. The van der Waals surface area contributed by atoms with Gasteiger partial charge in [-0.1, -0.05) is 42.5 Å². The molecule has 1 unspecified atom stereocenters. The van der Waals surface area contributed by atoms with Crippen molar-refractivity contribution in [2.75, 3.05) is 11.1 Å². The first-order valence-corrected chi connectivity index (χ1v) is 9.21. The Hall–Kier alpha value is -2.48. The van der Waals surface area contributed by atoms with E-state index < -0.39 is 30.4 Å². The number of alkyl halides is 3. The van der Waals surface area contributed by atoms with Crippen LogP contribution in [0.5, 0.6) is 0 Å². The smallest absolute Gasteiger partial charge is 0.396 e. The summed E-state index contributed by atoms with van der Waals surface area (Å²) in [7, 11) is 0. The van der Waals surface area contributed by atoms with E-state index >= 15 is 0 Å². The zero-order chi connectivity index (χ0) is 19.9. The highest BCUT2D eigenvalue weighted by Crippen LogP contribution is 2.37. The van der Waals surface area contributed by atoms with Crippen LogP contribution in [0.2, 0.25) is 0 Å². The van der Waals surface area contributed by atoms with Gasteiger partial charge >= 0.3 is 12.1 Å². The van der Waals surface area contributed by atoms with Crippen molar-refractivity contribution < 1.29 is 27.9 Å². The first-order chi connectivity index (χ1) is 12.8. The van der Waals surface area contributed by atoms with Crippen LogP contribution in [0.25, 0.3) is 0 Å². The number of rotatable bonds is 8. The van der Waals surface area contributed by atoms with E-state index in [1.54, 1.807) is 30.3 Å². The summed E-state index contributed by atoms with van der Waals surface area (Å²) in [4.78, 5) is 22.7. The Morgan fingerprint density at radius 2 is 1.78 bits per heavy atom. The zero-order valence-electron chi connectivity index (χ0n) is 14.2. The minimum Gasteiger partial charge on any atom is -0.481 e. The number of benzene rings is 2. The molecule has 2 N–H and O–H groups in total. The first-order valence-electron chi connectivity index (χ1n) is 8.05. The molecule has 0 aliphatic heterocycles. The quantitative estimate of drug-likeness (QED) is 0.679. The Kier molecular flexibility index (Phi) is 7.29. The van der Waals surface area contributed by atoms with Gasteiger partial charge in [-0.05, 0) is 23.3 Å². The molecule has 4 nitrogen and oxygen atoms in total. The minimum atomic E-state index is -4.53. The van der Waals surface area contributed by atoms with Crippen molar-refractivity contribution in [3.63, 3.8) is 0 Å². The van der Waals surface area contributed by atoms with Gasteiger partial charge in [-0.2, -0.15) is 13.2 Å². The zero-order valence-corrected chi connectivity index (χ0v) is 15.0. The summed E-state index contributed by atoms with van der Waals surface area (Å²) in [5, 5.41) is 11.1. The third-order valence-electron chi connectivity index (χ3n) is 3.69. The molecule has 0 heterocycles. The second-order valence-corrected chi connectivity index (χ2v) is 6.83. The third kappa shape index (κ3) is 6.97. The topological polar surface area (TPSA) is 66.4 Å². The monoisotopic (exact) mass is 397 g/mol. The highest BCUT2D eigenvalue weighted by Gasteiger charge is 2.41. The molecule has 0 aliphatic rings. The van der Waals surface area contributed by atoms with Gasteiger partial charge in [0.2, 0.25) is 5.91 Å². The SMILES string of the molecule is O=C(O)CSCc1cccc(NC(=O)CC(c2ccccc2)C(F)(F)F)c1. The lowest BCUT2D eigenvalue weighted by atomic mass is 9.94. The molecule has 2 aromatic carbocycles. The van der Waals surface area contributed by atoms with Crippen molar-refractivity contribution in [1.29, 1.82) is 0 Å². The van der Waals surface area contributed by atoms with Crippen LogP contribution < -0.4 is 5.32 Å². The lowest BCUT2D eigenvalue weighted by Crippen LogP contribution is -2.26. The number of thioether (sulfide) groups is 1. The van der Waals surface area contributed by atoms with Crippen molar-refractivity contribution in [1.82, 2.24) is 0 Å². The van der Waals surface area contributed by atoms with E-state index in [0.717, 1.165) is 5.56 Å². The van der Waals surface area contributed by atoms with E-state index in [1.807, 2.05) is 0 Å². The van der Waals surface area contributed by atoms with E-state index in [9.17, 15) is 22.8 Å². The molecule has 0 spiro atoms. The number of amides is 1. The van der Waals surface area contributed by atoms with Crippen molar-refractivity contribution in [3.05, 3.63) is 65.7 Å². The fraction of sp³-hybridized carbons (Fsp3) is 0.263. The lowest BCUT2D eigenvalue weighted by Gasteiger charge is -2.20. The average Bonchev–Trinajstić information content (AvgIpc) is 2.59. The Morgan fingerprint density at radius 3 is 2.41 bits per heavy atom. The fourth-order valence-corrected chi connectivity index (χ4v) is 3.19. The second kappa shape index (κ2) is 9.45. The van der Waals surface area contributed by atoms with E-state index in [0.29, 0.717) is 11.4 Å². The van der Waals surface area contributed by atoms with E-state index in [1.165, 1.54) is 36.0 Å². The maximum atomic E-state index is 13.3. The molecule has 27 heavy (non-hydrogen) atoms. The predicted molar refractivity (Wildman–Crippen MR) is 98.7 cm³/mol. The second-order valence-electron chi connectivity index (χ2n) is 5.84. The largest absolute Gasteiger partial charge is 0.481 e. The summed E-state index contributed by atoms with van der Waals surface area (Å²) in [5.74, 6) is -3.18. The van der Waals surface area contributed by atoms with Crippen molar-refractivity contribution in [2.45, 2.75) is 24.3 Å². The standard InChI is InChI=1S/C19H18F3NO3S/c20-19(21,22)16(14-6-2-1-3-7-14)10-17(24)23-15-8-4-5-13(9-15)11-27-12-18(25)26/h1-9,16H,10-12H2,(H,23,24)(H,25,26). The molecule has 144 valence electrons. The third-order valence-corrected chi connectivity index (χ3v) is 4.68. The van der Waals surface area contributed by atoms with Gasteiger partial charge in [0.25, 0.3) is 0 Å². The molecule has 0 radical (unpaired) electrons. The van der Waals surface area contributed by atoms with Gasteiger partial charge < -0.3 is 10.4 Å². The van der Waals surface area contributed by atoms with E-state index in [4.69, 9.17) is 5.11 Å². The lowest BCUT2D eigenvalue weighted by molar-refractivity contribution is -0.156. The number of carbonyl (C=O) groups excluding carboxylic acids is 1. The molecule has 1 amide bonds. The van der Waals surface area contributed by atoms with Crippen molar-refractivity contribution in [2.24, 2.45) is 0 Å². The normalized spacial score (nSPS) is 12.4. The van der Waals surface area contributed by atoms with Crippen LogP contribution in [0.4, 0.5) is 18.9 Å². The molecule has 0 aromatic heterocycles. The van der Waals surface area contributed by atoms with Gasteiger partial charge in [-0.3, -0.25) is 9.59 Å². The molecular formula is C19H18F3NO3S. The highest BCUT2D eigenvalue weighted by atomic mass is 32.2. The summed E-state index contributed by atoms with van der Waals surface area (Å²) in [6.45, 7) is 0. The van der Waals surface area contributed by atoms with Crippen LogP contribution in [-0.2, 0) is 15.3 Å². The number of halogens is 3. The van der Waals surface area contributed by atoms with Crippen molar-refractivity contribution in [3.8, 4) is 0 Å². The van der Waals surface area contributed by atoms with Crippen molar-refractivity contribution >= 4 is 29.3 Å². The van der Waals surface area contributed by atoms with Gasteiger partial charge in [0, 0.05) is 17.9 Å². The van der Waals surface area contributed by atoms with Crippen LogP contribution in [0.15, 0.2) is 54.6 Å². The molecule has 0 bridgehead atoms. The number of aliphatic carboxylic acids is 1. The van der Waals surface area contributed by atoms with Crippen LogP contribution in [0.3, 0.4) is 0 Å². The Bertz CT molecular complexity index is 781. The van der Waals surface area contributed by atoms with E-state index in [2.05, 4.69) is 5.32 Å². The number of nitrogens with one attached hydrogen (secondary N) is 1. The summed E-state index contributed by atoms with van der Waals surface area (Å²) in [5.41, 5.74) is 1.19. The predicted octanol–water partition coefficient (Wildman–Crippen LogP) is 4.68. The number of anilines is 1. The number of carboxylic acid groups (broad SMARTS) is 1. The molecule has 1 atom stereocenters. The number of hydrogen-bond acceptors (Lipinski definition) is 3. The Balaban J connectivity index is 2.02. The first kappa shape index (κ1) is 20.8. The van der Waals surface area contributed by atoms with Gasteiger partial charge in [-0.25, -0.2) is 0 Å². The molecule has 0 fully saturated rings. The summed E-state index contributed by atoms with van der Waals surface area (Å²) < 4.78 is 40.0. The Morgan fingerprint density at radius 1 is 1.07 bits per heavy atom. The van der Waals surface area contributed by atoms with Gasteiger partial charge in [0.05, 0.1) is 11.7 Å². The molecular weight excluding hydrogens is 379 g/mol. The van der Waals surface area contributed by atoms with Crippen LogP contribution >= 0.6 is 11.8 Å². The summed E-state index contributed by atoms with van der Waals surface area (Å²) >= 11 is 1.19. The Labute approximate surface area is 158 Å². The minimum absolute atomic E-state index is 0.0407. The fourth-order valence-electron chi connectivity index (χ4n) is 2.50. The van der Waals surface area contributed by atoms with Gasteiger partial charge in [0.15, 0.2) is 0 Å². The highest BCUT2D eigenvalue weighted by molar-refractivity contribution is 7.99. The molecule has 2 rings (SSSR count). The van der Waals surface area contributed by atoms with Gasteiger partial charge in [-0.15, -0.1) is 11.8 Å². The maximum absolute atomic E-state index is 13.3. The number of carbonyl (C=O) groups is 2. The molecule has 8 heteroatoms. The molecule has 2 aromatic rings. The van der Waals surface area contributed by atoms with Crippen LogP contribution in [-0.4, -0.2) is 28.9 Å². The number of carboxylic acids is 1.